The lowest BCUT2D eigenvalue weighted by Crippen LogP contribution is -2.78. The predicted molar refractivity (Wildman–Crippen MR) is 141 cm³/mol. The number of allylic oxidation sites excluding steroid dienone is 2. The molecule has 1 unspecified atom stereocenters. The number of nitrogens with two attached hydrogens (primary N) is 1. The molecule has 40 heavy (non-hydrogen) atoms. The Bertz CT molecular complexity index is 1640. The molecule has 0 aliphatic carbocycles. The fourth-order valence-electron chi connectivity index (χ4n) is 4.25. The first-order chi connectivity index (χ1) is 19.1. The number of fused-ring (bicyclic) bond motifs is 1. The van der Waals surface area contributed by atoms with E-state index in [-0.39, 0.29) is 40.4 Å². The molecule has 0 amide bonds. The van der Waals surface area contributed by atoms with Gasteiger partial charge in [0.25, 0.3) is 5.56 Å². The maximum Gasteiger partial charge on any atom is 0.417 e. The second-order valence-electron chi connectivity index (χ2n) is 8.89. The Morgan fingerprint density at radius 1 is 1.40 bits per heavy atom. The molecule has 0 radical (unpaired) electrons. The van der Waals surface area contributed by atoms with E-state index in [4.69, 9.17) is 26.5 Å². The van der Waals surface area contributed by atoms with Gasteiger partial charge in [-0.15, -0.1) is 0 Å². The van der Waals surface area contributed by atoms with E-state index in [2.05, 4.69) is 25.6 Å². The van der Waals surface area contributed by atoms with Gasteiger partial charge in [0.15, 0.2) is 22.9 Å². The first-order valence-corrected chi connectivity index (χ1v) is 12.4. The molecule has 3 aromatic rings. The minimum atomic E-state index is -4.68. The number of aromatic nitrogens is 4. The summed E-state index contributed by atoms with van der Waals surface area (Å²) in [5.41, 5.74) is -0.974. The van der Waals surface area contributed by atoms with Gasteiger partial charge < -0.3 is 34.7 Å². The molecule has 5 N–H and O–H groups in total. The van der Waals surface area contributed by atoms with E-state index in [0.717, 1.165) is 23.0 Å². The molecule has 5 rings (SSSR count). The monoisotopic (exact) mass is 578 g/mol. The van der Waals surface area contributed by atoms with Crippen LogP contribution in [0.3, 0.4) is 0 Å². The normalized spacial score (nSPS) is 18.6. The van der Waals surface area contributed by atoms with Crippen LogP contribution < -0.4 is 26.2 Å². The Balaban J connectivity index is 1.51. The van der Waals surface area contributed by atoms with Crippen molar-refractivity contribution in [3.05, 3.63) is 62.9 Å². The number of aliphatic imine (C=N–C) groups is 1. The number of imidazole rings is 1. The molecule has 5 heterocycles. The van der Waals surface area contributed by atoms with Crippen LogP contribution in [0.1, 0.15) is 18.0 Å². The highest BCUT2D eigenvalue weighted by Gasteiger charge is 2.34. The number of ether oxygens (including phenoxy) is 2. The van der Waals surface area contributed by atoms with Gasteiger partial charge in [0.05, 0.1) is 36.8 Å². The van der Waals surface area contributed by atoms with Crippen molar-refractivity contribution in [3.63, 3.8) is 0 Å². The number of anilines is 2. The molecule has 0 aromatic carbocycles. The molecule has 16 heteroatoms. The maximum atomic E-state index is 13.7. The minimum absolute atomic E-state index is 0.0373. The van der Waals surface area contributed by atoms with Crippen molar-refractivity contribution in [2.75, 3.05) is 25.6 Å². The van der Waals surface area contributed by atoms with Crippen LogP contribution in [0.25, 0.3) is 11.2 Å². The molecular formula is C24H24ClF3N9O3+. The Morgan fingerprint density at radius 3 is 2.83 bits per heavy atom. The number of hydrogen-bond acceptors (Lipinski definition) is 9. The molecule has 0 bridgehead atoms. The molecule has 1 saturated heterocycles. The Hall–Kier alpha value is -4.21. The topological polar surface area (TPSA) is 148 Å². The largest absolute Gasteiger partial charge is 0.446 e. The standard InChI is InChI=1S/C24H23ClF3N9O3/c1-30-18-9-31-15(7-32-18)16(6-29)40-17-8-33-21-20(19(17)25)36(2)23(35-21)34-14-5-12(24(26,27)28)10-37(22(14)38)13-3-4-39-11-13/h5-10,13,29-31H,3-4,11H2,1-2H3,(H,33,34,35)/p+1/b16-15+,29-6?. The molecule has 0 saturated carbocycles. The molecule has 3 aromatic heterocycles. The fourth-order valence-corrected chi connectivity index (χ4v) is 4.55. The number of halogens is 4. The van der Waals surface area contributed by atoms with Gasteiger partial charge in [-0.3, -0.25) is 10.1 Å². The number of quaternary nitrogens is 1. The minimum Gasteiger partial charge on any atom is -0.446 e. The quantitative estimate of drug-likeness (QED) is 0.249. The highest BCUT2D eigenvalue weighted by atomic mass is 35.5. The first kappa shape index (κ1) is 27.4. The molecule has 2 aliphatic heterocycles. The number of nitrogens with zero attached hydrogens (tertiary/aromatic N) is 5. The smallest absolute Gasteiger partial charge is 0.417 e. The average Bonchev–Trinajstić information content (AvgIpc) is 3.58. The van der Waals surface area contributed by atoms with Gasteiger partial charge in [-0.05, 0) is 12.5 Å². The summed E-state index contributed by atoms with van der Waals surface area (Å²) in [6, 6.07) is 0.228. The number of nitrogens with one attached hydrogen (secondary N) is 3. The van der Waals surface area contributed by atoms with Crippen LogP contribution in [0.4, 0.5) is 24.8 Å². The van der Waals surface area contributed by atoms with Crippen molar-refractivity contribution in [2.24, 2.45) is 12.0 Å². The van der Waals surface area contributed by atoms with Gasteiger partial charge >= 0.3 is 6.18 Å². The van der Waals surface area contributed by atoms with Crippen LogP contribution in [0, 0.1) is 5.41 Å². The number of aryl methyl sites for hydroxylation is 1. The first-order valence-electron chi connectivity index (χ1n) is 12.0. The highest BCUT2D eigenvalue weighted by molar-refractivity contribution is 6.36. The van der Waals surface area contributed by atoms with E-state index < -0.39 is 23.3 Å². The Morgan fingerprint density at radius 2 is 2.20 bits per heavy atom. The van der Waals surface area contributed by atoms with Gasteiger partial charge in [-0.2, -0.15) is 18.2 Å². The zero-order valence-corrected chi connectivity index (χ0v) is 22.0. The number of rotatable bonds is 7. The van der Waals surface area contributed by atoms with Crippen molar-refractivity contribution < 1.29 is 28.0 Å². The third-order valence-corrected chi connectivity index (χ3v) is 6.74. The van der Waals surface area contributed by atoms with Gasteiger partial charge in [0, 0.05) is 26.9 Å². The van der Waals surface area contributed by atoms with E-state index in [9.17, 15) is 18.0 Å². The van der Waals surface area contributed by atoms with Crippen molar-refractivity contribution in [1.82, 2.24) is 24.4 Å². The summed E-state index contributed by atoms with van der Waals surface area (Å²) in [5, 5.41) is 15.2. The Kier molecular flexibility index (Phi) is 7.35. The van der Waals surface area contributed by atoms with E-state index in [1.165, 1.54) is 17.0 Å². The zero-order chi connectivity index (χ0) is 28.6. The average molecular weight is 579 g/mol. The van der Waals surface area contributed by atoms with Crippen molar-refractivity contribution in [2.45, 2.75) is 18.6 Å². The van der Waals surface area contributed by atoms with Crippen molar-refractivity contribution in [1.29, 1.82) is 5.41 Å². The number of alkyl halides is 3. The predicted octanol–water partition coefficient (Wildman–Crippen LogP) is 2.41. The summed E-state index contributed by atoms with van der Waals surface area (Å²) in [7, 11) is 3.29. The fraction of sp³-hybridized carbons (Fsp3) is 0.292. The third-order valence-electron chi connectivity index (χ3n) is 6.38. The van der Waals surface area contributed by atoms with E-state index in [0.29, 0.717) is 30.1 Å². The van der Waals surface area contributed by atoms with Gasteiger partial charge in [-0.1, -0.05) is 11.6 Å². The Labute approximate surface area is 229 Å². The molecule has 1 atom stereocenters. The summed E-state index contributed by atoms with van der Waals surface area (Å²) in [4.78, 5) is 26.0. The van der Waals surface area contributed by atoms with Crippen LogP contribution in [-0.4, -0.2) is 51.8 Å². The summed E-state index contributed by atoms with van der Waals surface area (Å²) < 4.78 is 54.7. The summed E-state index contributed by atoms with van der Waals surface area (Å²) in [6.45, 7) is 0.490. The van der Waals surface area contributed by atoms with Gasteiger partial charge in [0.2, 0.25) is 11.7 Å². The summed E-state index contributed by atoms with van der Waals surface area (Å²) in [5.74, 6) is 0.935. The van der Waals surface area contributed by atoms with Crippen LogP contribution in [0.5, 0.6) is 5.75 Å². The van der Waals surface area contributed by atoms with Gasteiger partial charge in [-0.25, -0.2) is 9.98 Å². The van der Waals surface area contributed by atoms with E-state index >= 15 is 0 Å². The van der Waals surface area contributed by atoms with E-state index in [1.54, 1.807) is 25.6 Å². The lowest BCUT2D eigenvalue weighted by molar-refractivity contribution is -0.529. The molecule has 2 aliphatic rings. The van der Waals surface area contributed by atoms with Crippen LogP contribution in [-0.2, 0) is 18.0 Å². The number of hydrogen-bond donors (Lipinski definition) is 4. The van der Waals surface area contributed by atoms with Crippen LogP contribution in [0.2, 0.25) is 5.02 Å². The second kappa shape index (κ2) is 10.7. The van der Waals surface area contributed by atoms with Crippen molar-refractivity contribution in [3.8, 4) is 5.75 Å². The van der Waals surface area contributed by atoms with Crippen molar-refractivity contribution >= 4 is 46.8 Å². The molecule has 210 valence electrons. The third kappa shape index (κ3) is 5.17. The van der Waals surface area contributed by atoms with Gasteiger partial charge in [0.1, 0.15) is 22.4 Å². The molecular weight excluding hydrogens is 555 g/mol. The SMILES string of the molecule is CNC1=C[NH2+]/C(=C(\C=N)Oc2cnc3nc(Nc4cc(C(F)(F)F)cn(C5CCOC5)c4=O)n(C)c3c2Cl)C=N1. The lowest BCUT2D eigenvalue weighted by Gasteiger charge is -2.18. The highest BCUT2D eigenvalue weighted by Crippen LogP contribution is 2.35. The molecule has 12 nitrogen and oxygen atoms in total. The number of pyridine rings is 2. The zero-order valence-electron chi connectivity index (χ0n) is 21.2. The molecule has 0 spiro atoms. The summed E-state index contributed by atoms with van der Waals surface area (Å²) >= 11 is 6.63. The maximum absolute atomic E-state index is 13.7. The molecule has 1 fully saturated rings. The van der Waals surface area contributed by atoms with Crippen LogP contribution >= 0.6 is 11.6 Å². The van der Waals surface area contributed by atoms with Crippen LogP contribution in [0.15, 0.2) is 51.7 Å². The summed E-state index contributed by atoms with van der Waals surface area (Å²) in [6.07, 6.45) is 2.10. The van der Waals surface area contributed by atoms with E-state index in [1.807, 2.05) is 0 Å². The second-order valence-corrected chi connectivity index (χ2v) is 9.27. The lowest BCUT2D eigenvalue weighted by atomic mass is 10.2.